The van der Waals surface area contributed by atoms with E-state index < -0.39 is 0 Å². The van der Waals surface area contributed by atoms with Crippen LogP contribution in [0.2, 0.25) is 0 Å². The molecule has 4 nitrogen and oxygen atoms in total. The van der Waals surface area contributed by atoms with Crippen LogP contribution in [-0.2, 0) is 4.79 Å². The molecule has 0 unspecified atom stereocenters. The van der Waals surface area contributed by atoms with Gasteiger partial charge in [0, 0.05) is 12.1 Å². The molecule has 0 saturated heterocycles. The molecule has 1 amide bonds. The number of carbonyl (C=O) groups is 1. The van der Waals surface area contributed by atoms with Crippen LogP contribution in [0, 0.1) is 0 Å². The second kappa shape index (κ2) is 6.71. The Kier molecular flexibility index (Phi) is 5.19. The minimum Gasteiger partial charge on any atom is -0.492 e. The van der Waals surface area contributed by atoms with Gasteiger partial charge in [0.1, 0.15) is 12.4 Å². The molecule has 1 aromatic rings. The van der Waals surface area contributed by atoms with E-state index in [1.807, 2.05) is 19.1 Å². The number of nitrogens with two attached hydrogens (primary N) is 1. The Morgan fingerprint density at radius 3 is 2.69 bits per heavy atom. The van der Waals surface area contributed by atoms with E-state index in [0.717, 1.165) is 12.2 Å². The molecule has 0 aromatic heterocycles. The number of hydrogen-bond donors (Lipinski definition) is 2. The van der Waals surface area contributed by atoms with Crippen molar-refractivity contribution in [2.75, 3.05) is 18.9 Å². The maximum absolute atomic E-state index is 11.1. The second-order valence-electron chi connectivity index (χ2n) is 3.52. The summed E-state index contributed by atoms with van der Waals surface area (Å²) in [6, 6.07) is 7.18. The van der Waals surface area contributed by atoms with Gasteiger partial charge >= 0.3 is 0 Å². The third-order valence-electron chi connectivity index (χ3n) is 2.05. The molecular formula is C12H18N2O2. The van der Waals surface area contributed by atoms with Crippen LogP contribution in [0.1, 0.15) is 19.8 Å². The Bertz CT molecular complexity index is 322. The van der Waals surface area contributed by atoms with Crippen molar-refractivity contribution in [3.8, 4) is 5.75 Å². The number of amides is 1. The lowest BCUT2D eigenvalue weighted by Gasteiger charge is -2.07. The summed E-state index contributed by atoms with van der Waals surface area (Å²) in [5, 5.41) is 2.78. The lowest BCUT2D eigenvalue weighted by molar-refractivity contribution is -0.121. The largest absolute Gasteiger partial charge is 0.492 e. The van der Waals surface area contributed by atoms with Gasteiger partial charge < -0.3 is 15.8 Å². The highest BCUT2D eigenvalue weighted by Gasteiger charge is 1.98. The molecule has 0 aliphatic heterocycles. The summed E-state index contributed by atoms with van der Waals surface area (Å²) in [6.07, 6.45) is 1.44. The normalized spacial score (nSPS) is 9.81. The summed E-state index contributed by atoms with van der Waals surface area (Å²) >= 11 is 0. The van der Waals surface area contributed by atoms with Gasteiger partial charge in [0.15, 0.2) is 0 Å². The van der Waals surface area contributed by atoms with Crippen molar-refractivity contribution in [2.45, 2.75) is 19.8 Å². The van der Waals surface area contributed by atoms with Crippen LogP contribution in [0.15, 0.2) is 24.3 Å². The fourth-order valence-corrected chi connectivity index (χ4v) is 1.24. The summed E-state index contributed by atoms with van der Waals surface area (Å²) in [6.45, 7) is 2.98. The second-order valence-corrected chi connectivity index (χ2v) is 3.52. The van der Waals surface area contributed by atoms with Gasteiger partial charge in [0.05, 0.1) is 6.54 Å². The van der Waals surface area contributed by atoms with Crippen LogP contribution in [0.25, 0.3) is 0 Å². The van der Waals surface area contributed by atoms with E-state index in [4.69, 9.17) is 10.5 Å². The lowest BCUT2D eigenvalue weighted by Crippen LogP contribution is -2.27. The highest BCUT2D eigenvalue weighted by Crippen LogP contribution is 2.12. The van der Waals surface area contributed by atoms with Gasteiger partial charge in [0.25, 0.3) is 0 Å². The monoisotopic (exact) mass is 222 g/mol. The summed E-state index contributed by atoms with van der Waals surface area (Å²) in [5.41, 5.74) is 6.25. The summed E-state index contributed by atoms with van der Waals surface area (Å²) in [7, 11) is 0. The van der Waals surface area contributed by atoms with E-state index >= 15 is 0 Å². The highest BCUT2D eigenvalue weighted by atomic mass is 16.5. The Hall–Kier alpha value is -1.71. The van der Waals surface area contributed by atoms with Gasteiger partial charge in [-0.2, -0.15) is 0 Å². The molecule has 0 heterocycles. The van der Waals surface area contributed by atoms with E-state index in [9.17, 15) is 4.79 Å². The fourth-order valence-electron chi connectivity index (χ4n) is 1.24. The number of nitrogen functional groups attached to an aromatic ring is 1. The average Bonchev–Trinajstić information content (AvgIpc) is 2.27. The molecule has 0 bridgehead atoms. The molecule has 0 atom stereocenters. The Balaban J connectivity index is 2.16. The standard InChI is InChI=1S/C12H18N2O2/c1-2-3-12(15)14-8-9-16-11-6-4-10(13)5-7-11/h4-7H,2-3,8-9,13H2,1H3,(H,14,15). The quantitative estimate of drug-likeness (QED) is 0.567. The number of ether oxygens (including phenoxy) is 1. The first-order chi connectivity index (χ1) is 7.72. The van der Waals surface area contributed by atoms with E-state index in [1.165, 1.54) is 0 Å². The maximum atomic E-state index is 11.1. The first-order valence-electron chi connectivity index (χ1n) is 5.47. The lowest BCUT2D eigenvalue weighted by atomic mass is 10.3. The van der Waals surface area contributed by atoms with E-state index in [-0.39, 0.29) is 5.91 Å². The molecule has 0 aliphatic rings. The van der Waals surface area contributed by atoms with Crippen LogP contribution >= 0.6 is 0 Å². The molecule has 1 aromatic carbocycles. The maximum Gasteiger partial charge on any atom is 0.220 e. The van der Waals surface area contributed by atoms with Crippen LogP contribution in [0.3, 0.4) is 0 Å². The number of hydrogen-bond acceptors (Lipinski definition) is 3. The van der Waals surface area contributed by atoms with Gasteiger partial charge in [-0.3, -0.25) is 4.79 Å². The average molecular weight is 222 g/mol. The first kappa shape index (κ1) is 12.4. The van der Waals surface area contributed by atoms with Crippen molar-refractivity contribution in [3.63, 3.8) is 0 Å². The third kappa shape index (κ3) is 4.68. The van der Waals surface area contributed by atoms with Gasteiger partial charge in [-0.1, -0.05) is 6.92 Å². The molecular weight excluding hydrogens is 204 g/mol. The molecule has 0 fully saturated rings. The molecule has 3 N–H and O–H groups in total. The summed E-state index contributed by atoms with van der Waals surface area (Å²) in [5.74, 6) is 0.836. The minimum absolute atomic E-state index is 0.0726. The van der Waals surface area contributed by atoms with Crippen molar-refractivity contribution >= 4 is 11.6 Å². The van der Waals surface area contributed by atoms with Crippen LogP contribution in [-0.4, -0.2) is 19.1 Å². The molecule has 16 heavy (non-hydrogen) atoms. The van der Waals surface area contributed by atoms with Crippen molar-refractivity contribution in [1.82, 2.24) is 5.32 Å². The van der Waals surface area contributed by atoms with Crippen LogP contribution in [0.4, 0.5) is 5.69 Å². The van der Waals surface area contributed by atoms with Crippen LogP contribution in [0.5, 0.6) is 5.75 Å². The fraction of sp³-hybridized carbons (Fsp3) is 0.417. The Morgan fingerprint density at radius 1 is 1.38 bits per heavy atom. The number of nitrogens with one attached hydrogen (secondary N) is 1. The highest BCUT2D eigenvalue weighted by molar-refractivity contribution is 5.75. The Morgan fingerprint density at radius 2 is 2.06 bits per heavy atom. The van der Waals surface area contributed by atoms with E-state index in [1.54, 1.807) is 12.1 Å². The molecule has 88 valence electrons. The van der Waals surface area contributed by atoms with Crippen molar-refractivity contribution < 1.29 is 9.53 Å². The smallest absolute Gasteiger partial charge is 0.220 e. The number of carbonyl (C=O) groups excluding carboxylic acids is 1. The molecule has 1 rings (SSSR count). The van der Waals surface area contributed by atoms with E-state index in [2.05, 4.69) is 5.32 Å². The zero-order chi connectivity index (χ0) is 11.8. The SMILES string of the molecule is CCCC(=O)NCCOc1ccc(N)cc1. The zero-order valence-electron chi connectivity index (χ0n) is 9.53. The molecule has 0 aliphatic carbocycles. The summed E-state index contributed by atoms with van der Waals surface area (Å²) < 4.78 is 5.42. The number of anilines is 1. The number of benzene rings is 1. The van der Waals surface area contributed by atoms with Crippen molar-refractivity contribution in [2.24, 2.45) is 0 Å². The molecule has 0 saturated carbocycles. The topological polar surface area (TPSA) is 64.3 Å². The molecule has 0 radical (unpaired) electrons. The first-order valence-corrected chi connectivity index (χ1v) is 5.47. The van der Waals surface area contributed by atoms with Crippen LogP contribution < -0.4 is 15.8 Å². The molecule has 0 spiro atoms. The third-order valence-corrected chi connectivity index (χ3v) is 2.05. The van der Waals surface area contributed by atoms with Gasteiger partial charge in [-0.05, 0) is 30.7 Å². The molecule has 4 heteroatoms. The zero-order valence-corrected chi connectivity index (χ0v) is 9.53. The Labute approximate surface area is 95.8 Å². The summed E-state index contributed by atoms with van der Waals surface area (Å²) in [4.78, 5) is 11.1. The van der Waals surface area contributed by atoms with Crippen molar-refractivity contribution in [1.29, 1.82) is 0 Å². The minimum atomic E-state index is 0.0726. The van der Waals surface area contributed by atoms with Gasteiger partial charge in [-0.25, -0.2) is 0 Å². The van der Waals surface area contributed by atoms with Gasteiger partial charge in [-0.15, -0.1) is 0 Å². The predicted octanol–water partition coefficient (Wildman–Crippen LogP) is 1.56. The van der Waals surface area contributed by atoms with E-state index in [0.29, 0.717) is 25.3 Å². The predicted molar refractivity (Wildman–Crippen MR) is 64.3 cm³/mol. The van der Waals surface area contributed by atoms with Crippen molar-refractivity contribution in [3.05, 3.63) is 24.3 Å². The van der Waals surface area contributed by atoms with Gasteiger partial charge in [0.2, 0.25) is 5.91 Å². The number of rotatable bonds is 6.